The van der Waals surface area contributed by atoms with E-state index in [4.69, 9.17) is 0 Å². The van der Waals surface area contributed by atoms with Gasteiger partial charge in [0.25, 0.3) is 0 Å². The van der Waals surface area contributed by atoms with E-state index >= 15 is 0 Å². The van der Waals surface area contributed by atoms with Gasteiger partial charge >= 0.3 is 0 Å². The van der Waals surface area contributed by atoms with Gasteiger partial charge in [-0.25, -0.2) is 0 Å². The van der Waals surface area contributed by atoms with Crippen LogP contribution in [-0.2, 0) is 30.9 Å². The molecule has 0 amide bonds. The van der Waals surface area contributed by atoms with E-state index in [1.807, 2.05) is 0 Å². The van der Waals surface area contributed by atoms with Crippen LogP contribution >= 0.6 is 35.6 Å². The third-order valence-corrected chi connectivity index (χ3v) is 20.9. The molecule has 0 spiro atoms. The Morgan fingerprint density at radius 2 is 0.431 bits per heavy atom. The van der Waals surface area contributed by atoms with Crippen LogP contribution in [0.5, 0.6) is 0 Å². The van der Waals surface area contributed by atoms with Crippen LogP contribution in [-0.4, -0.2) is 0 Å². The molecule has 0 saturated heterocycles. The maximum atomic E-state index is 3.51. The number of allylic oxidation sites excluding steroid dienone is 12. The standard InChI is InChI=1S/C54H48P4/c55-49(43-25-7-1-8-26-43)37-19-22-40-52(49,46-31-13-4-14-32-46)58(53(47-33-15-5-16-34-47)41-23-20-38-50(53,56)44-27-9-2-10-28-44)54(48-35-17-6-18-36-48)42-24-21-39-51(54,57)45-29-11-3-12-30-45/h1-42H,55-57H2. The number of hydrogen-bond donors (Lipinski definition) is 0. The van der Waals surface area contributed by atoms with Crippen molar-refractivity contribution in [2.24, 2.45) is 0 Å². The summed E-state index contributed by atoms with van der Waals surface area (Å²) in [6.07, 6.45) is 29.0. The van der Waals surface area contributed by atoms with Crippen LogP contribution in [0.1, 0.15) is 33.4 Å². The fraction of sp³-hybridized carbons (Fsp3) is 0.111. The quantitative estimate of drug-likeness (QED) is 0.128. The van der Waals surface area contributed by atoms with Gasteiger partial charge in [0.2, 0.25) is 0 Å². The Kier molecular flexibility index (Phi) is 10.5. The Labute approximate surface area is 353 Å². The van der Waals surface area contributed by atoms with Crippen LogP contribution in [0.3, 0.4) is 0 Å². The average molecular weight is 821 g/mol. The van der Waals surface area contributed by atoms with Crippen molar-refractivity contribution in [3.8, 4) is 0 Å². The van der Waals surface area contributed by atoms with Crippen molar-refractivity contribution in [1.82, 2.24) is 0 Å². The van der Waals surface area contributed by atoms with E-state index in [0.717, 1.165) is 0 Å². The lowest BCUT2D eigenvalue weighted by molar-refractivity contribution is 0.494. The maximum Gasteiger partial charge on any atom is 0.0524 e. The molecule has 0 saturated carbocycles. The maximum absolute atomic E-state index is 3.51. The van der Waals surface area contributed by atoms with Gasteiger partial charge in [-0.3, -0.25) is 0 Å². The van der Waals surface area contributed by atoms with E-state index in [1.165, 1.54) is 33.4 Å². The van der Waals surface area contributed by atoms with Gasteiger partial charge in [-0.15, -0.1) is 27.7 Å². The van der Waals surface area contributed by atoms with Crippen LogP contribution in [0.15, 0.2) is 255 Å². The molecule has 3 aliphatic carbocycles. The predicted octanol–water partition coefficient (Wildman–Crippen LogP) is 13.8. The lowest BCUT2D eigenvalue weighted by atomic mass is 9.74. The molecule has 9 unspecified atom stereocenters. The van der Waals surface area contributed by atoms with E-state index in [1.54, 1.807) is 0 Å². The Hall–Kier alpha value is -4.52. The second-order valence-corrected chi connectivity index (χ2v) is 21.1. The predicted molar refractivity (Wildman–Crippen MR) is 260 cm³/mol. The summed E-state index contributed by atoms with van der Waals surface area (Å²) in [5, 5.41) is -3.83. The van der Waals surface area contributed by atoms with Crippen LogP contribution in [0.4, 0.5) is 0 Å². The van der Waals surface area contributed by atoms with E-state index < -0.39 is 38.9 Å². The monoisotopic (exact) mass is 820 g/mol. The SMILES string of the molecule is PC1(c2ccccc2)C=CC=CC1(c1ccccc1)P(C1(c2ccccc2)C=CC=CC1(P)c1ccccc1)C1(c2ccccc2)C=CC=CC1(P)c1ccccc1. The molecule has 0 aliphatic heterocycles. The van der Waals surface area contributed by atoms with Gasteiger partial charge in [-0.05, 0) is 33.4 Å². The molecule has 284 valence electrons. The zero-order valence-corrected chi connectivity index (χ0v) is 36.8. The second-order valence-electron chi connectivity index (χ2n) is 15.6. The molecule has 0 heterocycles. The average Bonchev–Trinajstić information content (AvgIpc) is 3.30. The smallest absolute Gasteiger partial charge is 0.0524 e. The highest BCUT2D eigenvalue weighted by atomic mass is 31.1. The highest BCUT2D eigenvalue weighted by Crippen LogP contribution is 2.90. The number of benzene rings is 6. The molecule has 0 nitrogen and oxygen atoms in total. The zero-order chi connectivity index (χ0) is 39.7. The molecule has 0 radical (unpaired) electrons. The number of hydrogen-bond acceptors (Lipinski definition) is 0. The van der Waals surface area contributed by atoms with Gasteiger partial charge in [0.1, 0.15) is 0 Å². The molecule has 0 N–H and O–H groups in total. The fourth-order valence-corrected chi connectivity index (χ4v) is 18.4. The van der Waals surface area contributed by atoms with Crippen molar-refractivity contribution in [3.05, 3.63) is 288 Å². The Bertz CT molecular complexity index is 2260. The molecule has 0 aromatic heterocycles. The van der Waals surface area contributed by atoms with E-state index in [2.05, 4.69) is 283 Å². The first-order chi connectivity index (χ1) is 28.4. The van der Waals surface area contributed by atoms with Crippen molar-refractivity contribution in [2.45, 2.75) is 30.9 Å². The molecule has 3 aliphatic rings. The fourth-order valence-electron chi connectivity index (χ4n) is 10.2. The molecule has 0 fully saturated rings. The molecule has 58 heavy (non-hydrogen) atoms. The lowest BCUT2D eigenvalue weighted by Crippen LogP contribution is -2.58. The van der Waals surface area contributed by atoms with Crippen molar-refractivity contribution in [3.63, 3.8) is 0 Å². The van der Waals surface area contributed by atoms with Gasteiger partial charge in [0.05, 0.1) is 15.5 Å². The van der Waals surface area contributed by atoms with E-state index in [9.17, 15) is 0 Å². The molecule has 6 aromatic rings. The molecule has 9 rings (SSSR count). The lowest BCUT2D eigenvalue weighted by Gasteiger charge is -2.69. The summed E-state index contributed by atoms with van der Waals surface area (Å²) >= 11 is 0. The van der Waals surface area contributed by atoms with Crippen molar-refractivity contribution >= 4 is 35.6 Å². The first-order valence-corrected chi connectivity index (χ1v) is 23.1. The summed E-state index contributed by atoms with van der Waals surface area (Å²) in [5.74, 6) is 0. The van der Waals surface area contributed by atoms with Gasteiger partial charge < -0.3 is 0 Å². The normalized spacial score (nSPS) is 30.3. The summed E-state index contributed by atoms with van der Waals surface area (Å²) in [6.45, 7) is 0. The summed E-state index contributed by atoms with van der Waals surface area (Å²) in [5.41, 5.74) is 7.57. The van der Waals surface area contributed by atoms with Gasteiger partial charge in [-0.1, -0.05) is 263 Å². The number of rotatable bonds is 9. The summed E-state index contributed by atoms with van der Waals surface area (Å²) in [7, 11) is 9.02. The summed E-state index contributed by atoms with van der Waals surface area (Å²) in [6, 6.07) is 67.8. The van der Waals surface area contributed by atoms with Crippen molar-refractivity contribution < 1.29 is 0 Å². The van der Waals surface area contributed by atoms with Crippen molar-refractivity contribution in [1.29, 1.82) is 0 Å². The summed E-state index contributed by atoms with van der Waals surface area (Å²) in [4.78, 5) is 0. The molecule has 0 bridgehead atoms. The first kappa shape index (κ1) is 39.0. The third kappa shape index (κ3) is 5.72. The molecular formula is C54H48P4. The minimum atomic E-state index is -1.51. The van der Waals surface area contributed by atoms with E-state index in [0.29, 0.717) is 0 Å². The molecular weight excluding hydrogens is 772 g/mol. The third-order valence-electron chi connectivity index (χ3n) is 12.8. The highest BCUT2D eigenvalue weighted by molar-refractivity contribution is 7.64. The molecule has 6 aromatic carbocycles. The Morgan fingerprint density at radius 3 is 0.655 bits per heavy atom. The van der Waals surface area contributed by atoms with Gasteiger partial charge in [0.15, 0.2) is 0 Å². The van der Waals surface area contributed by atoms with Gasteiger partial charge in [-0.2, -0.15) is 0 Å². The van der Waals surface area contributed by atoms with Crippen LogP contribution in [0.25, 0.3) is 0 Å². The first-order valence-electron chi connectivity index (χ1n) is 20.0. The molecule has 9 atom stereocenters. The second kappa shape index (κ2) is 15.6. The Balaban J connectivity index is 1.58. The van der Waals surface area contributed by atoms with Crippen LogP contribution in [0, 0.1) is 0 Å². The summed E-state index contributed by atoms with van der Waals surface area (Å²) < 4.78 is 0. The van der Waals surface area contributed by atoms with E-state index in [-0.39, 0.29) is 0 Å². The van der Waals surface area contributed by atoms with Gasteiger partial charge in [0, 0.05) is 15.5 Å². The molecule has 4 heteroatoms. The van der Waals surface area contributed by atoms with Crippen LogP contribution < -0.4 is 0 Å². The minimum Gasteiger partial charge on any atom is -0.121 e. The highest BCUT2D eigenvalue weighted by Gasteiger charge is 2.72. The van der Waals surface area contributed by atoms with Crippen LogP contribution in [0.2, 0.25) is 0 Å². The zero-order valence-electron chi connectivity index (χ0n) is 32.4. The Morgan fingerprint density at radius 1 is 0.241 bits per heavy atom. The minimum absolute atomic E-state index is 0.603. The van der Waals surface area contributed by atoms with Crippen molar-refractivity contribution in [2.75, 3.05) is 0 Å². The largest absolute Gasteiger partial charge is 0.121 e. The topological polar surface area (TPSA) is 0 Å².